The monoisotopic (exact) mass is 288 g/mol. The first-order valence-corrected chi connectivity index (χ1v) is 7.69. The minimum Gasteiger partial charge on any atom is -0.346 e. The van der Waals surface area contributed by atoms with E-state index >= 15 is 0 Å². The number of hydrogen-bond donors (Lipinski definition) is 0. The molecule has 0 saturated heterocycles. The van der Waals surface area contributed by atoms with Gasteiger partial charge < -0.3 is 4.57 Å². The van der Waals surface area contributed by atoms with Gasteiger partial charge in [-0.25, -0.2) is 4.39 Å². The predicted octanol–water partition coefficient (Wildman–Crippen LogP) is 4.15. The van der Waals surface area contributed by atoms with Crippen molar-refractivity contribution >= 4 is 0 Å². The lowest BCUT2D eigenvalue weighted by atomic mass is 10.2. The molecule has 0 aliphatic rings. The highest BCUT2D eigenvalue weighted by atomic mass is 19.1. The molecule has 0 unspecified atom stereocenters. The minimum absolute atomic E-state index is 0.180. The summed E-state index contributed by atoms with van der Waals surface area (Å²) in [7, 11) is 0. The molecule has 0 amide bonds. The molecule has 2 rings (SSSR count). The Kier molecular flexibility index (Phi) is 5.57. The number of halogens is 1. The Morgan fingerprint density at radius 2 is 1.86 bits per heavy atom. The molecule has 2 nitrogen and oxygen atoms in total. The van der Waals surface area contributed by atoms with Crippen molar-refractivity contribution in [2.45, 2.75) is 33.9 Å². The lowest BCUT2D eigenvalue weighted by Crippen LogP contribution is -2.28. The van der Waals surface area contributed by atoms with Crippen LogP contribution in [-0.2, 0) is 13.1 Å². The van der Waals surface area contributed by atoms with E-state index in [1.165, 1.54) is 17.8 Å². The highest BCUT2D eigenvalue weighted by Gasteiger charge is 2.09. The third-order valence-electron chi connectivity index (χ3n) is 3.65. The van der Waals surface area contributed by atoms with E-state index < -0.39 is 0 Å². The first-order valence-electron chi connectivity index (χ1n) is 7.69. The molecule has 1 aromatic heterocycles. The van der Waals surface area contributed by atoms with E-state index in [-0.39, 0.29) is 5.82 Å². The molecule has 0 atom stereocenters. The van der Waals surface area contributed by atoms with Gasteiger partial charge in [0.15, 0.2) is 0 Å². The van der Waals surface area contributed by atoms with Crippen LogP contribution in [0.25, 0.3) is 0 Å². The van der Waals surface area contributed by atoms with E-state index in [1.54, 1.807) is 0 Å². The van der Waals surface area contributed by atoms with E-state index in [9.17, 15) is 4.39 Å². The van der Waals surface area contributed by atoms with Crippen molar-refractivity contribution in [1.29, 1.82) is 0 Å². The Hall–Kier alpha value is -1.61. The Morgan fingerprint density at radius 3 is 2.48 bits per heavy atom. The number of aromatic nitrogens is 1. The van der Waals surface area contributed by atoms with E-state index in [2.05, 4.69) is 48.6 Å². The average molecular weight is 288 g/mol. The maximum absolute atomic E-state index is 13.0. The van der Waals surface area contributed by atoms with Gasteiger partial charge in [-0.3, -0.25) is 4.90 Å². The molecule has 1 aromatic carbocycles. The Bertz CT molecular complexity index is 543. The number of rotatable bonds is 7. The zero-order valence-corrected chi connectivity index (χ0v) is 13.2. The minimum atomic E-state index is -0.180. The molecule has 0 aliphatic heterocycles. The van der Waals surface area contributed by atoms with Gasteiger partial charge in [-0.05, 0) is 42.3 Å². The summed E-state index contributed by atoms with van der Waals surface area (Å²) in [5.74, 6) is 0.492. The molecule has 0 fully saturated rings. The maximum Gasteiger partial charge on any atom is 0.123 e. The molecular formula is C18H25FN2. The summed E-state index contributed by atoms with van der Waals surface area (Å²) >= 11 is 0. The van der Waals surface area contributed by atoms with E-state index in [0.29, 0.717) is 5.92 Å². The van der Waals surface area contributed by atoms with Crippen LogP contribution in [0.2, 0.25) is 0 Å². The molecule has 1 heterocycles. The van der Waals surface area contributed by atoms with E-state index in [0.717, 1.165) is 31.7 Å². The van der Waals surface area contributed by atoms with Crippen LogP contribution in [0, 0.1) is 11.7 Å². The first-order chi connectivity index (χ1) is 10.1. The van der Waals surface area contributed by atoms with Crippen molar-refractivity contribution in [3.63, 3.8) is 0 Å². The smallest absolute Gasteiger partial charge is 0.123 e. The predicted molar refractivity (Wildman–Crippen MR) is 85.7 cm³/mol. The van der Waals surface area contributed by atoms with Gasteiger partial charge in [0, 0.05) is 31.5 Å². The topological polar surface area (TPSA) is 8.17 Å². The fourth-order valence-corrected chi connectivity index (χ4v) is 2.58. The zero-order valence-electron chi connectivity index (χ0n) is 13.2. The highest BCUT2D eigenvalue weighted by Crippen LogP contribution is 2.12. The van der Waals surface area contributed by atoms with Crippen LogP contribution in [0.3, 0.4) is 0 Å². The molecule has 0 bridgehead atoms. The van der Waals surface area contributed by atoms with Crippen molar-refractivity contribution in [3.05, 3.63) is 59.7 Å². The summed E-state index contributed by atoms with van der Waals surface area (Å²) in [6.45, 7) is 10.6. The van der Waals surface area contributed by atoms with Crippen LogP contribution in [0.5, 0.6) is 0 Å². The number of benzene rings is 1. The van der Waals surface area contributed by atoms with Crippen LogP contribution in [0.4, 0.5) is 4.39 Å². The average Bonchev–Trinajstić information content (AvgIpc) is 2.87. The maximum atomic E-state index is 13.0. The summed E-state index contributed by atoms with van der Waals surface area (Å²) < 4.78 is 15.2. The van der Waals surface area contributed by atoms with Crippen LogP contribution < -0.4 is 0 Å². The second-order valence-electron chi connectivity index (χ2n) is 5.98. The summed E-state index contributed by atoms with van der Waals surface area (Å²) in [4.78, 5) is 2.46. The van der Waals surface area contributed by atoms with Crippen molar-refractivity contribution in [2.24, 2.45) is 5.92 Å². The van der Waals surface area contributed by atoms with Crippen molar-refractivity contribution in [3.8, 4) is 0 Å². The van der Waals surface area contributed by atoms with Crippen LogP contribution >= 0.6 is 0 Å². The zero-order chi connectivity index (χ0) is 15.2. The van der Waals surface area contributed by atoms with Gasteiger partial charge in [0.05, 0.1) is 0 Å². The molecule has 0 saturated carbocycles. The summed E-state index contributed by atoms with van der Waals surface area (Å²) in [6.07, 6.45) is 2.10. The molecule has 0 N–H and O–H groups in total. The van der Waals surface area contributed by atoms with Crippen molar-refractivity contribution in [2.75, 3.05) is 13.1 Å². The standard InChI is InChI=1S/C18H25FN2/c1-4-20(12-15(2)3)14-18-6-5-11-21(18)13-16-7-9-17(19)10-8-16/h5-11,15H,4,12-14H2,1-3H3. The molecular weight excluding hydrogens is 263 g/mol. The van der Waals surface area contributed by atoms with E-state index in [1.807, 2.05) is 12.1 Å². The number of nitrogens with zero attached hydrogens (tertiary/aromatic N) is 2. The molecule has 2 aromatic rings. The third kappa shape index (κ3) is 4.71. The lowest BCUT2D eigenvalue weighted by Gasteiger charge is -2.23. The summed E-state index contributed by atoms with van der Waals surface area (Å²) in [5.41, 5.74) is 2.43. The second kappa shape index (κ2) is 7.41. The molecule has 0 aliphatic carbocycles. The molecule has 21 heavy (non-hydrogen) atoms. The van der Waals surface area contributed by atoms with Crippen LogP contribution in [0.15, 0.2) is 42.6 Å². The quantitative estimate of drug-likeness (QED) is 0.743. The summed E-state index contributed by atoms with van der Waals surface area (Å²) in [5, 5.41) is 0. The van der Waals surface area contributed by atoms with Crippen molar-refractivity contribution < 1.29 is 4.39 Å². The molecule has 0 radical (unpaired) electrons. The largest absolute Gasteiger partial charge is 0.346 e. The van der Waals surface area contributed by atoms with Gasteiger partial charge in [-0.15, -0.1) is 0 Å². The molecule has 3 heteroatoms. The SMILES string of the molecule is CCN(Cc1cccn1Cc1ccc(F)cc1)CC(C)C. The molecule has 114 valence electrons. The summed E-state index contributed by atoms with van der Waals surface area (Å²) in [6, 6.07) is 11.0. The van der Waals surface area contributed by atoms with Crippen LogP contribution in [-0.4, -0.2) is 22.6 Å². The first kappa shape index (κ1) is 15.8. The van der Waals surface area contributed by atoms with Gasteiger partial charge in [-0.2, -0.15) is 0 Å². The van der Waals surface area contributed by atoms with Gasteiger partial charge in [0.2, 0.25) is 0 Å². The van der Waals surface area contributed by atoms with Crippen molar-refractivity contribution in [1.82, 2.24) is 9.47 Å². The fourth-order valence-electron chi connectivity index (χ4n) is 2.58. The lowest BCUT2D eigenvalue weighted by molar-refractivity contribution is 0.243. The second-order valence-corrected chi connectivity index (χ2v) is 5.98. The Labute approximate surface area is 127 Å². The number of hydrogen-bond acceptors (Lipinski definition) is 1. The third-order valence-corrected chi connectivity index (χ3v) is 3.65. The van der Waals surface area contributed by atoms with Gasteiger partial charge >= 0.3 is 0 Å². The van der Waals surface area contributed by atoms with E-state index in [4.69, 9.17) is 0 Å². The molecule has 0 spiro atoms. The van der Waals surface area contributed by atoms with Gasteiger partial charge in [-0.1, -0.05) is 32.9 Å². The Balaban J connectivity index is 2.05. The van der Waals surface area contributed by atoms with Gasteiger partial charge in [0.25, 0.3) is 0 Å². The highest BCUT2D eigenvalue weighted by molar-refractivity contribution is 5.18. The fraction of sp³-hybridized carbons (Fsp3) is 0.444. The van der Waals surface area contributed by atoms with Crippen LogP contribution in [0.1, 0.15) is 32.0 Å². The normalized spacial score (nSPS) is 11.5. The Morgan fingerprint density at radius 1 is 1.14 bits per heavy atom. The van der Waals surface area contributed by atoms with Gasteiger partial charge in [0.1, 0.15) is 5.82 Å².